The topological polar surface area (TPSA) is 81.1 Å². The normalized spacial score (nSPS) is 14.3. The molecular weight excluding hydrogens is 551 g/mol. The van der Waals surface area contributed by atoms with E-state index in [4.69, 9.17) is 14.2 Å². The van der Waals surface area contributed by atoms with Crippen molar-refractivity contribution >= 4 is 22.5 Å². The van der Waals surface area contributed by atoms with Gasteiger partial charge in [0.05, 0.1) is 17.4 Å². The lowest BCUT2D eigenvalue weighted by atomic mass is 10.2. The number of piperazine rings is 1. The first-order valence-electron chi connectivity index (χ1n) is 13.5. The first-order chi connectivity index (χ1) is 20.2. The molecular formula is C30H32F3N5O4. The van der Waals surface area contributed by atoms with Crippen molar-refractivity contribution < 1.29 is 32.2 Å². The number of ether oxygens (including phenoxy) is 3. The van der Waals surface area contributed by atoms with Crippen LogP contribution in [0.15, 0.2) is 66.9 Å². The lowest BCUT2D eigenvalue weighted by Crippen LogP contribution is -2.48. The van der Waals surface area contributed by atoms with Crippen LogP contribution in [0.3, 0.4) is 0 Å². The van der Waals surface area contributed by atoms with Crippen molar-refractivity contribution in [1.82, 2.24) is 19.4 Å². The molecule has 0 saturated carbocycles. The van der Waals surface area contributed by atoms with Crippen LogP contribution in [0.4, 0.5) is 18.9 Å². The number of carbonyl (C=O) groups is 1. The van der Waals surface area contributed by atoms with Crippen LogP contribution in [0, 0.1) is 0 Å². The van der Waals surface area contributed by atoms with Crippen LogP contribution in [-0.2, 0) is 18.0 Å². The molecule has 42 heavy (non-hydrogen) atoms. The number of amides is 1. The van der Waals surface area contributed by atoms with Gasteiger partial charge in [-0.3, -0.25) is 9.69 Å². The van der Waals surface area contributed by atoms with E-state index in [1.54, 1.807) is 43.6 Å². The molecule has 0 radical (unpaired) electrons. The Bertz CT molecular complexity index is 1500. The highest BCUT2D eigenvalue weighted by molar-refractivity contribution is 5.99. The number of hydrogen-bond acceptors (Lipinski definition) is 7. The second-order valence-corrected chi connectivity index (χ2v) is 9.95. The summed E-state index contributed by atoms with van der Waals surface area (Å²) >= 11 is 0. The van der Waals surface area contributed by atoms with Gasteiger partial charge in [-0.1, -0.05) is 12.1 Å². The molecule has 0 aliphatic carbocycles. The fourth-order valence-corrected chi connectivity index (χ4v) is 4.84. The van der Waals surface area contributed by atoms with Gasteiger partial charge in [0.25, 0.3) is 5.91 Å². The monoisotopic (exact) mass is 583 g/mol. The number of pyridine rings is 1. The van der Waals surface area contributed by atoms with Crippen molar-refractivity contribution in [3.05, 3.63) is 78.1 Å². The van der Waals surface area contributed by atoms with Crippen LogP contribution >= 0.6 is 0 Å². The van der Waals surface area contributed by atoms with E-state index >= 15 is 0 Å². The van der Waals surface area contributed by atoms with Crippen molar-refractivity contribution in [2.24, 2.45) is 0 Å². The number of fused-ring (bicyclic) bond motifs is 1. The number of nitrogens with one attached hydrogen (secondary N) is 1. The number of hydrogen-bond donors (Lipinski definition) is 1. The van der Waals surface area contributed by atoms with Gasteiger partial charge in [-0.05, 0) is 42.0 Å². The van der Waals surface area contributed by atoms with E-state index < -0.39 is 12.8 Å². The predicted octanol–water partition coefficient (Wildman–Crippen LogP) is 5.37. The molecule has 3 heterocycles. The Labute approximate surface area is 241 Å². The predicted molar refractivity (Wildman–Crippen MR) is 152 cm³/mol. The molecule has 2 aromatic carbocycles. The van der Waals surface area contributed by atoms with Crippen LogP contribution in [0.25, 0.3) is 10.9 Å². The van der Waals surface area contributed by atoms with E-state index in [2.05, 4.69) is 15.2 Å². The molecule has 1 aliphatic heterocycles. The minimum absolute atomic E-state index is 0.0825. The van der Waals surface area contributed by atoms with E-state index in [9.17, 15) is 18.0 Å². The van der Waals surface area contributed by atoms with Gasteiger partial charge in [-0.15, -0.1) is 0 Å². The third-order valence-corrected chi connectivity index (χ3v) is 6.99. The van der Waals surface area contributed by atoms with Gasteiger partial charge >= 0.3 is 6.18 Å². The van der Waals surface area contributed by atoms with Crippen molar-refractivity contribution in [3.8, 4) is 17.4 Å². The quantitative estimate of drug-likeness (QED) is 0.269. The average molecular weight is 584 g/mol. The molecule has 1 N–H and O–H groups in total. The zero-order valence-electron chi connectivity index (χ0n) is 23.4. The molecule has 1 saturated heterocycles. The molecule has 1 amide bonds. The number of nitrogens with zero attached hydrogens (tertiary/aromatic N) is 4. The minimum atomic E-state index is -4.37. The van der Waals surface area contributed by atoms with Crippen LogP contribution in [0.1, 0.15) is 16.1 Å². The van der Waals surface area contributed by atoms with E-state index in [0.29, 0.717) is 50.0 Å². The third-order valence-electron chi connectivity index (χ3n) is 6.99. The molecule has 12 heteroatoms. The molecule has 0 atom stereocenters. The number of benzene rings is 2. The van der Waals surface area contributed by atoms with E-state index in [1.165, 1.54) is 0 Å². The first kappa shape index (κ1) is 29.2. The molecule has 0 unspecified atom stereocenters. The summed E-state index contributed by atoms with van der Waals surface area (Å²) in [7, 11) is 3.40. The standard InChI is InChI=1S/C30H32F3N5O4/c1-34-23-6-10-28(35-17-23)42-25-9-5-22-15-27(38(20-40-2)26(22)16-25)29(39)37-13-11-36(12-14-37)18-21-3-7-24(8-4-21)41-19-30(31,32)33/h3-10,15-17,34H,11-14,18-20H2,1-2H3. The molecule has 0 bridgehead atoms. The molecule has 1 fully saturated rings. The summed E-state index contributed by atoms with van der Waals surface area (Å²) in [5, 5.41) is 3.91. The summed E-state index contributed by atoms with van der Waals surface area (Å²) in [6, 6.07) is 17.8. The highest BCUT2D eigenvalue weighted by Gasteiger charge is 2.28. The number of anilines is 1. The summed E-state index contributed by atoms with van der Waals surface area (Å²) in [6.07, 6.45) is -2.69. The second kappa shape index (κ2) is 12.7. The van der Waals surface area contributed by atoms with Gasteiger partial charge < -0.3 is 29.0 Å². The Morgan fingerprint density at radius 1 is 0.976 bits per heavy atom. The highest BCUT2D eigenvalue weighted by Crippen LogP contribution is 2.29. The molecule has 2 aromatic heterocycles. The van der Waals surface area contributed by atoms with E-state index in [1.807, 2.05) is 46.8 Å². The van der Waals surface area contributed by atoms with Crippen LogP contribution in [-0.4, -0.2) is 78.4 Å². The van der Waals surface area contributed by atoms with E-state index in [0.717, 1.165) is 22.2 Å². The Hall–Kier alpha value is -4.29. The van der Waals surface area contributed by atoms with Crippen molar-refractivity contribution in [1.29, 1.82) is 0 Å². The number of rotatable bonds is 10. The number of methoxy groups -OCH3 is 1. The van der Waals surface area contributed by atoms with Crippen LogP contribution in [0.5, 0.6) is 17.4 Å². The van der Waals surface area contributed by atoms with E-state index in [-0.39, 0.29) is 18.4 Å². The van der Waals surface area contributed by atoms with Gasteiger partial charge in [0.15, 0.2) is 6.61 Å². The Kier molecular flexibility index (Phi) is 8.83. The minimum Gasteiger partial charge on any atom is -0.484 e. The van der Waals surface area contributed by atoms with Crippen molar-refractivity contribution in [3.63, 3.8) is 0 Å². The summed E-state index contributed by atoms with van der Waals surface area (Å²) < 4.78 is 55.1. The summed E-state index contributed by atoms with van der Waals surface area (Å²) in [5.41, 5.74) is 3.18. The first-order valence-corrected chi connectivity index (χ1v) is 13.5. The molecule has 222 valence electrons. The molecule has 0 spiro atoms. The Balaban J connectivity index is 1.22. The molecule has 4 aromatic rings. The molecule has 9 nitrogen and oxygen atoms in total. The number of halogens is 3. The number of alkyl halides is 3. The maximum absolute atomic E-state index is 13.6. The zero-order valence-corrected chi connectivity index (χ0v) is 23.4. The summed E-state index contributed by atoms with van der Waals surface area (Å²) in [6.45, 7) is 1.93. The second-order valence-electron chi connectivity index (χ2n) is 9.95. The summed E-state index contributed by atoms with van der Waals surface area (Å²) in [4.78, 5) is 22.0. The highest BCUT2D eigenvalue weighted by atomic mass is 19.4. The van der Waals surface area contributed by atoms with Gasteiger partial charge in [-0.2, -0.15) is 13.2 Å². The zero-order chi connectivity index (χ0) is 29.7. The van der Waals surface area contributed by atoms with Crippen LogP contribution < -0.4 is 14.8 Å². The SMILES string of the molecule is CNc1ccc(Oc2ccc3cc(C(=O)N4CCN(Cc5ccc(OCC(F)(F)F)cc5)CC4)n(COC)c3c2)nc1. The Morgan fingerprint density at radius 2 is 1.71 bits per heavy atom. The maximum Gasteiger partial charge on any atom is 0.422 e. The largest absolute Gasteiger partial charge is 0.484 e. The maximum atomic E-state index is 13.6. The van der Waals surface area contributed by atoms with Gasteiger partial charge in [0, 0.05) is 64.4 Å². The van der Waals surface area contributed by atoms with Crippen molar-refractivity contribution in [2.75, 3.05) is 52.3 Å². The lowest BCUT2D eigenvalue weighted by molar-refractivity contribution is -0.153. The van der Waals surface area contributed by atoms with Gasteiger partial charge in [0.1, 0.15) is 23.9 Å². The lowest BCUT2D eigenvalue weighted by Gasteiger charge is -2.35. The third kappa shape index (κ3) is 7.12. The fourth-order valence-electron chi connectivity index (χ4n) is 4.84. The average Bonchev–Trinajstić information content (AvgIpc) is 3.34. The smallest absolute Gasteiger partial charge is 0.422 e. The number of carbonyl (C=O) groups excluding carboxylic acids is 1. The van der Waals surface area contributed by atoms with Gasteiger partial charge in [-0.25, -0.2) is 4.98 Å². The molecule has 1 aliphatic rings. The summed E-state index contributed by atoms with van der Waals surface area (Å²) in [5.74, 6) is 1.14. The van der Waals surface area contributed by atoms with Crippen LogP contribution in [0.2, 0.25) is 0 Å². The molecule has 5 rings (SSSR count). The van der Waals surface area contributed by atoms with Crippen molar-refractivity contribution in [2.45, 2.75) is 19.5 Å². The number of aromatic nitrogens is 2. The Morgan fingerprint density at radius 3 is 2.36 bits per heavy atom. The fraction of sp³-hybridized carbons (Fsp3) is 0.333. The van der Waals surface area contributed by atoms with Gasteiger partial charge in [0.2, 0.25) is 5.88 Å².